The first-order chi connectivity index (χ1) is 16.5. The number of halogens is 2. The number of carbonyl (C=O) groups excluding carboxylic acids is 1. The predicted octanol–water partition coefficient (Wildman–Crippen LogP) is 6.59. The molecule has 1 amide bonds. The molecule has 1 aromatic heterocycles. The van der Waals surface area contributed by atoms with E-state index in [-0.39, 0.29) is 5.91 Å². The summed E-state index contributed by atoms with van der Waals surface area (Å²) in [6.07, 6.45) is 2.55. The molecule has 0 fully saturated rings. The van der Waals surface area contributed by atoms with Crippen molar-refractivity contribution in [2.24, 2.45) is 0 Å². The number of nitrogens with one attached hydrogen (secondary N) is 1. The van der Waals surface area contributed by atoms with Crippen molar-refractivity contribution < 1.29 is 9.53 Å². The molecule has 34 heavy (non-hydrogen) atoms. The van der Waals surface area contributed by atoms with Crippen molar-refractivity contribution in [3.63, 3.8) is 0 Å². The van der Waals surface area contributed by atoms with Crippen LogP contribution < -0.4 is 10.1 Å². The Morgan fingerprint density at radius 1 is 1.09 bits per heavy atom. The fraction of sp³-hybridized carbons (Fsp3) is 0.259. The number of carbonyl (C=O) groups is 1. The van der Waals surface area contributed by atoms with Crippen LogP contribution in [-0.4, -0.2) is 28.6 Å². The van der Waals surface area contributed by atoms with E-state index >= 15 is 0 Å². The molecule has 0 aliphatic rings. The number of benzene rings is 3. The summed E-state index contributed by atoms with van der Waals surface area (Å²) >= 11 is 9.48. The second kappa shape index (κ2) is 11.5. The number of imidazole rings is 1. The fourth-order valence-electron chi connectivity index (χ4n) is 3.83. The highest BCUT2D eigenvalue weighted by atomic mass is 79.9. The number of hydrogen-bond donors (Lipinski definition) is 1. The van der Waals surface area contributed by atoms with E-state index in [0.717, 1.165) is 57.1 Å². The lowest BCUT2D eigenvalue weighted by Gasteiger charge is -2.11. The summed E-state index contributed by atoms with van der Waals surface area (Å²) in [6.45, 7) is 3.99. The van der Waals surface area contributed by atoms with Gasteiger partial charge >= 0.3 is 0 Å². The number of hydrogen-bond acceptors (Lipinski definition) is 3. The van der Waals surface area contributed by atoms with Gasteiger partial charge in [0.2, 0.25) is 0 Å². The first-order valence-electron chi connectivity index (χ1n) is 11.4. The van der Waals surface area contributed by atoms with Gasteiger partial charge in [0.15, 0.2) is 0 Å². The average molecular weight is 541 g/mol. The number of unbranched alkanes of at least 4 members (excludes halogenated alkanes) is 1. The van der Waals surface area contributed by atoms with E-state index in [1.165, 1.54) is 0 Å². The lowest BCUT2D eigenvalue weighted by molar-refractivity contribution is 0.0954. The Bertz CT molecular complexity index is 1270. The largest absolute Gasteiger partial charge is 0.494 e. The van der Waals surface area contributed by atoms with Crippen molar-refractivity contribution in [2.75, 3.05) is 13.2 Å². The van der Waals surface area contributed by atoms with Gasteiger partial charge in [0.05, 0.1) is 17.6 Å². The monoisotopic (exact) mass is 539 g/mol. The summed E-state index contributed by atoms with van der Waals surface area (Å²) in [5, 5.41) is 3.75. The fourth-order valence-corrected chi connectivity index (χ4v) is 4.21. The third-order valence-corrected chi connectivity index (χ3v) is 6.60. The zero-order valence-corrected chi connectivity index (χ0v) is 21.4. The minimum atomic E-state index is -0.0789. The van der Waals surface area contributed by atoms with Crippen molar-refractivity contribution in [1.29, 1.82) is 0 Å². The van der Waals surface area contributed by atoms with E-state index in [9.17, 15) is 4.79 Å². The van der Waals surface area contributed by atoms with Crippen LogP contribution in [0.5, 0.6) is 5.75 Å². The van der Waals surface area contributed by atoms with E-state index in [2.05, 4.69) is 31.9 Å². The van der Waals surface area contributed by atoms with Crippen LogP contribution in [0.25, 0.3) is 11.0 Å². The van der Waals surface area contributed by atoms with Gasteiger partial charge in [-0.25, -0.2) is 4.98 Å². The molecule has 0 saturated heterocycles. The topological polar surface area (TPSA) is 56.1 Å². The average Bonchev–Trinajstić information content (AvgIpc) is 3.19. The maximum Gasteiger partial charge on any atom is 0.251 e. The molecule has 0 unspecified atom stereocenters. The molecule has 0 radical (unpaired) electrons. The van der Waals surface area contributed by atoms with Crippen LogP contribution in [0.1, 0.15) is 34.6 Å². The first kappa shape index (κ1) is 24.3. The van der Waals surface area contributed by atoms with Gasteiger partial charge in [-0.15, -0.1) is 0 Å². The van der Waals surface area contributed by atoms with Gasteiger partial charge in [-0.1, -0.05) is 39.7 Å². The summed E-state index contributed by atoms with van der Waals surface area (Å²) < 4.78 is 9.09. The number of amides is 1. The minimum absolute atomic E-state index is 0.0789. The molecular formula is C27H27BrClN3O2. The van der Waals surface area contributed by atoms with E-state index < -0.39 is 0 Å². The molecule has 4 rings (SSSR count). The molecule has 1 heterocycles. The summed E-state index contributed by atoms with van der Waals surface area (Å²) in [5.41, 5.74) is 3.75. The van der Waals surface area contributed by atoms with Gasteiger partial charge in [-0.2, -0.15) is 0 Å². The predicted molar refractivity (Wildman–Crippen MR) is 141 cm³/mol. The number of aromatic nitrogens is 2. The molecule has 7 heteroatoms. The van der Waals surface area contributed by atoms with Crippen LogP contribution in [0.15, 0.2) is 71.2 Å². The van der Waals surface area contributed by atoms with Crippen molar-refractivity contribution >= 4 is 44.5 Å². The molecule has 5 nitrogen and oxygen atoms in total. The molecular weight excluding hydrogens is 514 g/mol. The smallest absolute Gasteiger partial charge is 0.251 e. The van der Waals surface area contributed by atoms with Crippen LogP contribution in [0.4, 0.5) is 0 Å². The molecule has 0 bridgehead atoms. The number of aryl methyl sites for hydroxylation is 2. The van der Waals surface area contributed by atoms with Gasteiger partial charge in [0.1, 0.15) is 11.6 Å². The maximum atomic E-state index is 12.4. The Balaban J connectivity index is 1.32. The standard InChI is InChI=1S/C27H27BrClN3O2/c1-19-18-22(12-13-23(19)29)34-17-5-4-16-32-25-7-3-2-6-24(25)31-26(32)14-15-30-27(33)20-8-10-21(28)11-9-20/h2-3,6-13,18H,4-5,14-17H2,1H3,(H,30,33). The van der Waals surface area contributed by atoms with Crippen molar-refractivity contribution in [3.8, 4) is 5.75 Å². The summed E-state index contributed by atoms with van der Waals surface area (Å²) in [4.78, 5) is 17.2. The zero-order valence-electron chi connectivity index (χ0n) is 19.1. The highest BCUT2D eigenvalue weighted by Gasteiger charge is 2.11. The van der Waals surface area contributed by atoms with Crippen LogP contribution >= 0.6 is 27.5 Å². The van der Waals surface area contributed by atoms with Crippen molar-refractivity contribution in [1.82, 2.24) is 14.9 Å². The summed E-state index contributed by atoms with van der Waals surface area (Å²) in [7, 11) is 0. The van der Waals surface area contributed by atoms with E-state index in [4.69, 9.17) is 21.3 Å². The van der Waals surface area contributed by atoms with Crippen LogP contribution in [0, 0.1) is 6.92 Å². The Labute approximate surface area is 213 Å². The highest BCUT2D eigenvalue weighted by molar-refractivity contribution is 9.10. The van der Waals surface area contributed by atoms with Crippen molar-refractivity contribution in [2.45, 2.75) is 32.7 Å². The Morgan fingerprint density at radius 2 is 1.88 bits per heavy atom. The number of fused-ring (bicyclic) bond motifs is 1. The molecule has 4 aromatic rings. The van der Waals surface area contributed by atoms with Gasteiger partial charge in [-0.05, 0) is 79.9 Å². The quantitative estimate of drug-likeness (QED) is 0.231. The molecule has 0 spiro atoms. The van der Waals surface area contributed by atoms with Gasteiger partial charge in [0, 0.05) is 34.6 Å². The van der Waals surface area contributed by atoms with Crippen LogP contribution in [0.2, 0.25) is 5.02 Å². The van der Waals surface area contributed by atoms with Crippen LogP contribution in [0.3, 0.4) is 0 Å². The lowest BCUT2D eigenvalue weighted by Crippen LogP contribution is -2.26. The molecule has 1 N–H and O–H groups in total. The highest BCUT2D eigenvalue weighted by Crippen LogP contribution is 2.22. The van der Waals surface area contributed by atoms with Gasteiger partial charge < -0.3 is 14.6 Å². The third-order valence-electron chi connectivity index (χ3n) is 5.65. The van der Waals surface area contributed by atoms with E-state index in [0.29, 0.717) is 25.1 Å². The Kier molecular flexibility index (Phi) is 8.25. The molecule has 0 aliphatic heterocycles. The number of ether oxygens (including phenoxy) is 1. The molecule has 3 aromatic carbocycles. The molecule has 0 atom stereocenters. The lowest BCUT2D eigenvalue weighted by atomic mass is 10.2. The molecule has 176 valence electrons. The Hall–Kier alpha value is -2.83. The molecule has 0 saturated carbocycles. The number of nitrogens with zero attached hydrogens (tertiary/aromatic N) is 2. The SMILES string of the molecule is Cc1cc(OCCCCn2c(CCNC(=O)c3ccc(Br)cc3)nc3ccccc32)ccc1Cl. The maximum absolute atomic E-state index is 12.4. The van der Waals surface area contributed by atoms with E-state index in [1.807, 2.05) is 67.6 Å². The van der Waals surface area contributed by atoms with E-state index in [1.54, 1.807) is 0 Å². The van der Waals surface area contributed by atoms with Crippen molar-refractivity contribution in [3.05, 3.63) is 93.2 Å². The number of rotatable bonds is 10. The molecule has 0 aliphatic carbocycles. The second-order valence-corrected chi connectivity index (χ2v) is 9.47. The Morgan fingerprint density at radius 3 is 2.68 bits per heavy atom. The van der Waals surface area contributed by atoms with Gasteiger partial charge in [0.25, 0.3) is 5.91 Å². The second-order valence-electron chi connectivity index (χ2n) is 8.15. The van der Waals surface area contributed by atoms with Crippen LogP contribution in [-0.2, 0) is 13.0 Å². The zero-order chi connectivity index (χ0) is 23.9. The first-order valence-corrected chi connectivity index (χ1v) is 12.6. The summed E-state index contributed by atoms with van der Waals surface area (Å²) in [5.74, 6) is 1.74. The normalized spacial score (nSPS) is 11.0. The third kappa shape index (κ3) is 6.19. The summed E-state index contributed by atoms with van der Waals surface area (Å²) in [6, 6.07) is 21.2. The number of para-hydroxylation sites is 2. The minimum Gasteiger partial charge on any atom is -0.494 e. The van der Waals surface area contributed by atoms with Gasteiger partial charge in [-0.3, -0.25) is 4.79 Å².